The van der Waals surface area contributed by atoms with E-state index >= 15 is 0 Å². The molecule has 0 radical (unpaired) electrons. The average Bonchev–Trinajstić information content (AvgIpc) is 3.08. The van der Waals surface area contributed by atoms with Crippen LogP contribution in [-0.4, -0.2) is 44.0 Å². The maximum absolute atomic E-state index is 11.4. The number of aromatic nitrogens is 3. The fourth-order valence-corrected chi connectivity index (χ4v) is 2.09. The van der Waals surface area contributed by atoms with Crippen LogP contribution in [0.4, 0.5) is 0 Å². The minimum Gasteiger partial charge on any atom is -0.481 e. The Morgan fingerprint density at radius 2 is 2.33 bits per heavy atom. The average molecular weight is 270 g/mol. The Bertz CT molecular complexity index is 444. The van der Waals surface area contributed by atoms with Crippen LogP contribution < -0.4 is 5.32 Å². The van der Waals surface area contributed by atoms with Crippen molar-refractivity contribution in [2.75, 3.05) is 12.3 Å². The number of rotatable bonds is 7. The molecule has 98 valence electrons. The summed E-state index contributed by atoms with van der Waals surface area (Å²) >= 11 is 1.12. The molecule has 0 aromatic carbocycles. The first-order valence-electron chi connectivity index (χ1n) is 5.67. The highest BCUT2D eigenvalue weighted by atomic mass is 32.2. The summed E-state index contributed by atoms with van der Waals surface area (Å²) in [5, 5.41) is 19.5. The molecular weight excluding hydrogens is 256 g/mol. The van der Waals surface area contributed by atoms with Gasteiger partial charge in [0, 0.05) is 19.0 Å². The second-order valence-corrected chi connectivity index (χ2v) is 5.00. The summed E-state index contributed by atoms with van der Waals surface area (Å²) < 4.78 is 1.74. The molecular formula is C10H14N4O3S. The molecule has 1 aromatic heterocycles. The molecule has 7 nitrogen and oxygen atoms in total. The fourth-order valence-electron chi connectivity index (χ4n) is 1.43. The molecule has 1 aromatic rings. The lowest BCUT2D eigenvalue weighted by molar-refractivity contribution is -0.134. The van der Waals surface area contributed by atoms with Gasteiger partial charge >= 0.3 is 5.97 Å². The Morgan fingerprint density at radius 3 is 3.00 bits per heavy atom. The minimum absolute atomic E-state index is 0.0485. The molecule has 1 aliphatic rings. The van der Waals surface area contributed by atoms with Crippen LogP contribution in [0.1, 0.15) is 12.8 Å². The topological polar surface area (TPSA) is 97.1 Å². The number of carbonyl (C=O) groups excluding carboxylic acids is 1. The van der Waals surface area contributed by atoms with E-state index in [-0.39, 0.29) is 17.6 Å². The maximum atomic E-state index is 11.4. The molecule has 1 saturated carbocycles. The van der Waals surface area contributed by atoms with Crippen molar-refractivity contribution >= 4 is 23.6 Å². The standard InChI is InChI=1S/C10H14N4O3S/c15-8(16)5-18-10-13-12-6-14(10)4-3-11-9(17)7-1-2-7/h6-7H,1-5H2,(H,11,17)(H,15,16). The summed E-state index contributed by atoms with van der Waals surface area (Å²) in [5.41, 5.74) is 0. The van der Waals surface area contributed by atoms with Crippen molar-refractivity contribution in [1.29, 1.82) is 0 Å². The molecule has 0 aliphatic heterocycles. The normalized spacial score (nSPS) is 14.4. The van der Waals surface area contributed by atoms with Gasteiger partial charge in [-0.25, -0.2) is 0 Å². The molecule has 0 saturated heterocycles. The van der Waals surface area contributed by atoms with Gasteiger partial charge in [-0.1, -0.05) is 11.8 Å². The first-order valence-corrected chi connectivity index (χ1v) is 6.65. The van der Waals surface area contributed by atoms with Crippen LogP contribution in [0, 0.1) is 5.92 Å². The molecule has 2 rings (SSSR count). The van der Waals surface area contributed by atoms with E-state index in [4.69, 9.17) is 5.11 Å². The van der Waals surface area contributed by atoms with Crippen LogP contribution in [0.2, 0.25) is 0 Å². The summed E-state index contributed by atoms with van der Waals surface area (Å²) in [7, 11) is 0. The first kappa shape index (κ1) is 12.9. The van der Waals surface area contributed by atoms with Crippen LogP contribution in [0.15, 0.2) is 11.5 Å². The highest BCUT2D eigenvalue weighted by Crippen LogP contribution is 2.28. The number of thioether (sulfide) groups is 1. The molecule has 1 amide bonds. The van der Waals surface area contributed by atoms with Gasteiger partial charge in [0.1, 0.15) is 6.33 Å². The third-order valence-electron chi connectivity index (χ3n) is 2.50. The van der Waals surface area contributed by atoms with Crippen molar-refractivity contribution in [3.63, 3.8) is 0 Å². The van der Waals surface area contributed by atoms with E-state index in [1.165, 1.54) is 6.33 Å². The SMILES string of the molecule is O=C(O)CSc1nncn1CCNC(=O)C1CC1. The van der Waals surface area contributed by atoms with Crippen molar-refractivity contribution in [1.82, 2.24) is 20.1 Å². The second-order valence-electron chi connectivity index (χ2n) is 4.05. The molecule has 1 fully saturated rings. The van der Waals surface area contributed by atoms with Crippen LogP contribution in [0.25, 0.3) is 0 Å². The van der Waals surface area contributed by atoms with Gasteiger partial charge in [-0.3, -0.25) is 9.59 Å². The summed E-state index contributed by atoms with van der Waals surface area (Å²) in [6.07, 6.45) is 3.50. The van der Waals surface area contributed by atoms with E-state index in [2.05, 4.69) is 15.5 Å². The van der Waals surface area contributed by atoms with Crippen LogP contribution in [0.5, 0.6) is 0 Å². The van der Waals surface area contributed by atoms with E-state index in [1.54, 1.807) is 4.57 Å². The fraction of sp³-hybridized carbons (Fsp3) is 0.600. The van der Waals surface area contributed by atoms with Crippen molar-refractivity contribution in [3.8, 4) is 0 Å². The van der Waals surface area contributed by atoms with Crippen molar-refractivity contribution in [2.45, 2.75) is 24.5 Å². The highest BCUT2D eigenvalue weighted by molar-refractivity contribution is 7.99. The Labute approximate surface area is 108 Å². The van der Waals surface area contributed by atoms with Gasteiger partial charge in [-0.2, -0.15) is 0 Å². The number of hydrogen-bond acceptors (Lipinski definition) is 5. The van der Waals surface area contributed by atoms with Gasteiger partial charge in [0.05, 0.1) is 5.75 Å². The number of nitrogens with zero attached hydrogens (tertiary/aromatic N) is 3. The van der Waals surface area contributed by atoms with Gasteiger partial charge < -0.3 is 15.0 Å². The predicted molar refractivity (Wildman–Crippen MR) is 64.1 cm³/mol. The number of hydrogen-bond donors (Lipinski definition) is 2. The number of nitrogens with one attached hydrogen (secondary N) is 1. The summed E-state index contributed by atoms with van der Waals surface area (Å²) in [4.78, 5) is 21.9. The number of carboxylic acids is 1. The molecule has 1 aliphatic carbocycles. The van der Waals surface area contributed by atoms with Crippen LogP contribution >= 0.6 is 11.8 Å². The molecule has 0 unspecified atom stereocenters. The third-order valence-corrected chi connectivity index (χ3v) is 3.47. The van der Waals surface area contributed by atoms with E-state index in [1.807, 2.05) is 0 Å². The molecule has 18 heavy (non-hydrogen) atoms. The zero-order valence-corrected chi connectivity index (χ0v) is 10.5. The third kappa shape index (κ3) is 3.73. The van der Waals surface area contributed by atoms with Crippen molar-refractivity contribution < 1.29 is 14.7 Å². The zero-order chi connectivity index (χ0) is 13.0. The smallest absolute Gasteiger partial charge is 0.313 e. The summed E-state index contributed by atoms with van der Waals surface area (Å²) in [5.74, 6) is -0.640. The maximum Gasteiger partial charge on any atom is 0.313 e. The molecule has 0 atom stereocenters. The number of aliphatic carboxylic acids is 1. The summed E-state index contributed by atoms with van der Waals surface area (Å²) in [6, 6.07) is 0. The lowest BCUT2D eigenvalue weighted by Crippen LogP contribution is -2.28. The van der Waals surface area contributed by atoms with E-state index < -0.39 is 5.97 Å². The Hall–Kier alpha value is -1.57. The number of carbonyl (C=O) groups is 2. The van der Waals surface area contributed by atoms with Gasteiger partial charge in [0.15, 0.2) is 5.16 Å². The summed E-state index contributed by atoms with van der Waals surface area (Å²) in [6.45, 7) is 1.06. The van der Waals surface area contributed by atoms with Gasteiger partial charge in [0.2, 0.25) is 5.91 Å². The number of carboxylic acid groups (broad SMARTS) is 1. The largest absolute Gasteiger partial charge is 0.481 e. The zero-order valence-electron chi connectivity index (χ0n) is 9.70. The first-order chi connectivity index (χ1) is 8.66. The van der Waals surface area contributed by atoms with Crippen LogP contribution in [-0.2, 0) is 16.1 Å². The lowest BCUT2D eigenvalue weighted by Gasteiger charge is -2.06. The van der Waals surface area contributed by atoms with Gasteiger partial charge in [-0.05, 0) is 12.8 Å². The Morgan fingerprint density at radius 1 is 1.56 bits per heavy atom. The Balaban J connectivity index is 1.76. The molecule has 1 heterocycles. The quantitative estimate of drug-likeness (QED) is 0.676. The highest BCUT2D eigenvalue weighted by Gasteiger charge is 2.29. The second kappa shape index (κ2) is 5.85. The van der Waals surface area contributed by atoms with Crippen molar-refractivity contribution in [2.24, 2.45) is 5.92 Å². The van der Waals surface area contributed by atoms with Gasteiger partial charge in [0.25, 0.3) is 0 Å². The monoisotopic (exact) mass is 270 g/mol. The Kier molecular flexibility index (Phi) is 4.19. The minimum atomic E-state index is -0.892. The molecule has 0 bridgehead atoms. The molecule has 8 heteroatoms. The molecule has 2 N–H and O–H groups in total. The van der Waals surface area contributed by atoms with Gasteiger partial charge in [-0.15, -0.1) is 10.2 Å². The van der Waals surface area contributed by atoms with Crippen LogP contribution in [0.3, 0.4) is 0 Å². The van der Waals surface area contributed by atoms with Crippen molar-refractivity contribution in [3.05, 3.63) is 6.33 Å². The number of amides is 1. The van der Waals surface area contributed by atoms with E-state index in [0.717, 1.165) is 24.6 Å². The lowest BCUT2D eigenvalue weighted by atomic mass is 10.4. The van der Waals surface area contributed by atoms with E-state index in [0.29, 0.717) is 18.2 Å². The molecule has 0 spiro atoms. The predicted octanol–water partition coefficient (Wildman–Crippen LogP) is -0.0190. The van der Waals surface area contributed by atoms with E-state index in [9.17, 15) is 9.59 Å².